The molecule has 1 fully saturated rings. The van der Waals surface area contributed by atoms with E-state index in [4.69, 9.17) is 9.26 Å². The monoisotopic (exact) mass is 466 g/mol. The molecule has 1 aromatic carbocycles. The molecule has 4 aromatic rings. The predicted molar refractivity (Wildman–Crippen MR) is 130 cm³/mol. The highest BCUT2D eigenvalue weighted by Gasteiger charge is 2.22. The summed E-state index contributed by atoms with van der Waals surface area (Å²) in [5.41, 5.74) is 4.29. The zero-order valence-electron chi connectivity index (χ0n) is 18.7. The standard InChI is InChI=1S/C25H26N4O3.ClH/c1-16-25(17(2)32-28-16)21-13-18-6-7-24(30)29(15-19-5-3-4-10-27-19)22(18)14-23(21)31-20-8-11-26-12-9-20;/h3-7,10,13-14,20,26H,8-9,11-12,15H2,1-2H3;1H. The number of rotatable bonds is 5. The molecule has 0 amide bonds. The number of fused-ring (bicyclic) bond motifs is 1. The van der Waals surface area contributed by atoms with Crippen molar-refractivity contribution in [1.29, 1.82) is 0 Å². The first kappa shape index (κ1) is 23.0. The Morgan fingerprint density at radius 3 is 2.67 bits per heavy atom. The molecule has 0 unspecified atom stereocenters. The summed E-state index contributed by atoms with van der Waals surface area (Å²) in [6.45, 7) is 6.11. The van der Waals surface area contributed by atoms with Crippen LogP contribution in [0.15, 0.2) is 58.0 Å². The van der Waals surface area contributed by atoms with Crippen LogP contribution < -0.4 is 15.6 Å². The van der Waals surface area contributed by atoms with Crippen LogP contribution in [-0.2, 0) is 6.54 Å². The van der Waals surface area contributed by atoms with Crippen molar-refractivity contribution in [2.75, 3.05) is 13.1 Å². The second kappa shape index (κ2) is 9.77. The Morgan fingerprint density at radius 2 is 1.97 bits per heavy atom. The van der Waals surface area contributed by atoms with Gasteiger partial charge in [0.2, 0.25) is 0 Å². The summed E-state index contributed by atoms with van der Waals surface area (Å²) in [6, 6.07) is 13.3. The van der Waals surface area contributed by atoms with Gasteiger partial charge in [0.1, 0.15) is 17.6 Å². The molecule has 7 nitrogen and oxygen atoms in total. The van der Waals surface area contributed by atoms with Crippen LogP contribution in [0.2, 0.25) is 0 Å². The number of hydrogen-bond donors (Lipinski definition) is 1. The summed E-state index contributed by atoms with van der Waals surface area (Å²) in [6.07, 6.45) is 3.74. The molecule has 0 spiro atoms. The van der Waals surface area contributed by atoms with E-state index in [1.54, 1.807) is 16.8 Å². The van der Waals surface area contributed by atoms with Gasteiger partial charge in [-0.05, 0) is 69.4 Å². The van der Waals surface area contributed by atoms with Crippen LogP contribution in [0.25, 0.3) is 22.0 Å². The van der Waals surface area contributed by atoms with E-state index in [1.807, 2.05) is 44.2 Å². The zero-order chi connectivity index (χ0) is 22.1. The summed E-state index contributed by atoms with van der Waals surface area (Å²) < 4.78 is 13.7. The van der Waals surface area contributed by atoms with Crippen LogP contribution in [0.4, 0.5) is 0 Å². The minimum absolute atomic E-state index is 0. The summed E-state index contributed by atoms with van der Waals surface area (Å²) in [4.78, 5) is 17.2. The SMILES string of the molecule is Cc1noc(C)c1-c1cc2ccc(=O)n(Cc3ccccn3)c2cc1OC1CCNCC1.Cl. The van der Waals surface area contributed by atoms with E-state index in [9.17, 15) is 4.79 Å². The van der Waals surface area contributed by atoms with Crippen molar-refractivity contribution in [3.8, 4) is 16.9 Å². The molecular formula is C25H27ClN4O3. The number of benzene rings is 1. The Balaban J connectivity index is 0.00000259. The summed E-state index contributed by atoms with van der Waals surface area (Å²) >= 11 is 0. The minimum Gasteiger partial charge on any atom is -0.490 e. The van der Waals surface area contributed by atoms with Crippen molar-refractivity contribution in [3.05, 3.63) is 76.2 Å². The fourth-order valence-corrected chi connectivity index (χ4v) is 4.39. The topological polar surface area (TPSA) is 82.2 Å². The molecular weight excluding hydrogens is 440 g/mol. The smallest absolute Gasteiger partial charge is 0.251 e. The lowest BCUT2D eigenvalue weighted by atomic mass is 10.00. The van der Waals surface area contributed by atoms with Crippen molar-refractivity contribution < 1.29 is 9.26 Å². The van der Waals surface area contributed by atoms with Gasteiger partial charge in [0.05, 0.1) is 29.0 Å². The fourth-order valence-electron chi connectivity index (χ4n) is 4.39. The number of nitrogens with zero attached hydrogens (tertiary/aromatic N) is 3. The first-order chi connectivity index (χ1) is 15.6. The molecule has 4 heterocycles. The van der Waals surface area contributed by atoms with Crippen LogP contribution in [0, 0.1) is 13.8 Å². The Kier molecular flexibility index (Phi) is 6.81. The fraction of sp³-hybridized carbons (Fsp3) is 0.320. The van der Waals surface area contributed by atoms with Gasteiger partial charge in [-0.25, -0.2) is 0 Å². The van der Waals surface area contributed by atoms with Gasteiger partial charge in [0.15, 0.2) is 0 Å². The third-order valence-corrected chi connectivity index (χ3v) is 6.02. The summed E-state index contributed by atoms with van der Waals surface area (Å²) in [5, 5.41) is 8.47. The molecule has 3 aromatic heterocycles. The van der Waals surface area contributed by atoms with Crippen molar-refractivity contribution in [1.82, 2.24) is 20.0 Å². The lowest BCUT2D eigenvalue weighted by Gasteiger charge is -2.25. The van der Waals surface area contributed by atoms with Crippen molar-refractivity contribution >= 4 is 23.3 Å². The van der Waals surface area contributed by atoms with Crippen LogP contribution in [0.3, 0.4) is 0 Å². The molecule has 33 heavy (non-hydrogen) atoms. The van der Waals surface area contributed by atoms with Gasteiger partial charge in [-0.1, -0.05) is 11.2 Å². The van der Waals surface area contributed by atoms with E-state index in [1.165, 1.54) is 0 Å². The van der Waals surface area contributed by atoms with E-state index < -0.39 is 0 Å². The van der Waals surface area contributed by atoms with E-state index in [0.29, 0.717) is 6.54 Å². The van der Waals surface area contributed by atoms with E-state index in [0.717, 1.165) is 70.9 Å². The summed E-state index contributed by atoms with van der Waals surface area (Å²) in [7, 11) is 0. The molecule has 0 bridgehead atoms. The predicted octanol–water partition coefficient (Wildman–Crippen LogP) is 4.27. The molecule has 5 rings (SSSR count). The average Bonchev–Trinajstić information content (AvgIpc) is 3.15. The number of halogens is 1. The van der Waals surface area contributed by atoms with Gasteiger partial charge in [0.25, 0.3) is 5.56 Å². The molecule has 8 heteroatoms. The van der Waals surface area contributed by atoms with Crippen molar-refractivity contribution in [2.45, 2.75) is 39.3 Å². The largest absolute Gasteiger partial charge is 0.490 e. The number of nitrogens with one attached hydrogen (secondary N) is 1. The van der Waals surface area contributed by atoms with E-state index in [2.05, 4.69) is 21.5 Å². The number of aryl methyl sites for hydroxylation is 2. The lowest BCUT2D eigenvalue weighted by molar-refractivity contribution is 0.163. The molecule has 172 valence electrons. The highest BCUT2D eigenvalue weighted by atomic mass is 35.5. The first-order valence-corrected chi connectivity index (χ1v) is 11.0. The molecule has 0 saturated carbocycles. The molecule has 0 atom stereocenters. The first-order valence-electron chi connectivity index (χ1n) is 11.0. The molecule has 0 radical (unpaired) electrons. The Morgan fingerprint density at radius 1 is 1.15 bits per heavy atom. The number of piperidine rings is 1. The van der Waals surface area contributed by atoms with Crippen LogP contribution in [-0.4, -0.2) is 33.9 Å². The van der Waals surface area contributed by atoms with Crippen molar-refractivity contribution in [3.63, 3.8) is 0 Å². The maximum atomic E-state index is 12.8. The van der Waals surface area contributed by atoms with E-state index >= 15 is 0 Å². The number of ether oxygens (including phenoxy) is 1. The van der Waals surface area contributed by atoms with Crippen LogP contribution >= 0.6 is 12.4 Å². The van der Waals surface area contributed by atoms with Gasteiger partial charge in [-0.15, -0.1) is 12.4 Å². The Labute approximate surface area is 198 Å². The van der Waals surface area contributed by atoms with Crippen LogP contribution in [0.1, 0.15) is 30.0 Å². The number of aromatic nitrogens is 3. The summed E-state index contributed by atoms with van der Waals surface area (Å²) in [5.74, 6) is 1.50. The molecule has 1 aliphatic rings. The highest BCUT2D eigenvalue weighted by molar-refractivity contribution is 5.89. The minimum atomic E-state index is -0.0685. The maximum Gasteiger partial charge on any atom is 0.251 e. The lowest BCUT2D eigenvalue weighted by Crippen LogP contribution is -2.34. The highest BCUT2D eigenvalue weighted by Crippen LogP contribution is 2.38. The molecule has 1 aliphatic heterocycles. The number of hydrogen-bond acceptors (Lipinski definition) is 6. The zero-order valence-corrected chi connectivity index (χ0v) is 19.5. The van der Waals surface area contributed by atoms with Gasteiger partial charge >= 0.3 is 0 Å². The third-order valence-electron chi connectivity index (χ3n) is 6.02. The number of pyridine rings is 2. The normalized spacial score (nSPS) is 14.2. The molecule has 1 saturated heterocycles. The average molecular weight is 467 g/mol. The quantitative estimate of drug-likeness (QED) is 0.473. The second-order valence-corrected chi connectivity index (χ2v) is 8.25. The van der Waals surface area contributed by atoms with Gasteiger partial charge in [-0.3, -0.25) is 9.78 Å². The van der Waals surface area contributed by atoms with Crippen LogP contribution in [0.5, 0.6) is 5.75 Å². The third kappa shape index (κ3) is 4.65. The van der Waals surface area contributed by atoms with Gasteiger partial charge in [0, 0.05) is 23.9 Å². The second-order valence-electron chi connectivity index (χ2n) is 8.25. The van der Waals surface area contributed by atoms with E-state index in [-0.39, 0.29) is 24.1 Å². The Bertz CT molecular complexity index is 1290. The van der Waals surface area contributed by atoms with Gasteiger partial charge in [-0.2, -0.15) is 0 Å². The van der Waals surface area contributed by atoms with Gasteiger partial charge < -0.3 is 19.1 Å². The Hall–Kier alpha value is -3.16. The van der Waals surface area contributed by atoms with Crippen molar-refractivity contribution in [2.24, 2.45) is 0 Å². The molecule has 1 N–H and O–H groups in total. The molecule has 0 aliphatic carbocycles. The maximum absolute atomic E-state index is 12.8.